The molecule has 7 nitrogen and oxygen atoms in total. The van der Waals surface area contributed by atoms with E-state index in [2.05, 4.69) is 15.3 Å². The highest BCUT2D eigenvalue weighted by Gasteiger charge is 2.56. The molecule has 1 N–H and O–H groups in total. The molecular weight excluding hydrogens is 427 g/mol. The fraction of sp³-hybridized carbons (Fsp3) is 0.409. The number of pyridine rings is 1. The molecule has 32 heavy (non-hydrogen) atoms. The van der Waals surface area contributed by atoms with Gasteiger partial charge in [-0.3, -0.25) is 4.79 Å². The largest absolute Gasteiger partial charge is 0.493 e. The van der Waals surface area contributed by atoms with Gasteiger partial charge in [-0.1, -0.05) is 0 Å². The van der Waals surface area contributed by atoms with Crippen LogP contribution >= 0.6 is 0 Å². The topological polar surface area (TPSA) is 86.5 Å². The molecule has 0 saturated heterocycles. The van der Waals surface area contributed by atoms with Gasteiger partial charge in [0, 0.05) is 31.4 Å². The van der Waals surface area contributed by atoms with E-state index < -0.39 is 17.7 Å². The maximum absolute atomic E-state index is 14.6. The van der Waals surface area contributed by atoms with E-state index in [0.29, 0.717) is 16.8 Å². The van der Waals surface area contributed by atoms with Gasteiger partial charge in [0.05, 0.1) is 18.8 Å². The van der Waals surface area contributed by atoms with E-state index in [4.69, 9.17) is 13.9 Å². The molecule has 1 saturated carbocycles. The Morgan fingerprint density at radius 1 is 1.31 bits per heavy atom. The Morgan fingerprint density at radius 3 is 2.78 bits per heavy atom. The number of oxazole rings is 1. The Labute approximate surface area is 181 Å². The van der Waals surface area contributed by atoms with Crippen molar-refractivity contribution in [2.45, 2.75) is 38.7 Å². The molecule has 0 bridgehead atoms. The van der Waals surface area contributed by atoms with Crippen LogP contribution in [0.5, 0.6) is 11.5 Å². The summed E-state index contributed by atoms with van der Waals surface area (Å²) in [5, 5.41) is 2.66. The zero-order valence-corrected chi connectivity index (χ0v) is 17.5. The van der Waals surface area contributed by atoms with Crippen molar-refractivity contribution >= 4 is 17.0 Å². The van der Waals surface area contributed by atoms with Crippen LogP contribution in [-0.2, 0) is 4.79 Å². The predicted octanol–water partition coefficient (Wildman–Crippen LogP) is 4.36. The van der Waals surface area contributed by atoms with Gasteiger partial charge in [0.1, 0.15) is 23.6 Å². The third-order valence-electron chi connectivity index (χ3n) is 5.02. The summed E-state index contributed by atoms with van der Waals surface area (Å²) in [5.41, 5.74) is 0.758. The van der Waals surface area contributed by atoms with Gasteiger partial charge in [0.2, 0.25) is 11.8 Å². The van der Waals surface area contributed by atoms with Crippen LogP contribution in [0.2, 0.25) is 0 Å². The van der Waals surface area contributed by atoms with Crippen molar-refractivity contribution in [2.24, 2.45) is 5.92 Å². The zero-order chi connectivity index (χ0) is 22.9. The number of fused-ring (bicyclic) bond motifs is 1. The monoisotopic (exact) mass is 449 g/mol. The fourth-order valence-corrected chi connectivity index (χ4v) is 3.26. The minimum atomic E-state index is -2.56. The Hall–Kier alpha value is -3.30. The first-order valence-electron chi connectivity index (χ1n) is 10.2. The fourth-order valence-electron chi connectivity index (χ4n) is 3.26. The summed E-state index contributed by atoms with van der Waals surface area (Å²) in [4.78, 5) is 19.3. The molecule has 1 aliphatic carbocycles. The Balaban J connectivity index is 1.40. The van der Waals surface area contributed by atoms with Gasteiger partial charge in [-0.25, -0.2) is 23.1 Å². The average Bonchev–Trinajstić information content (AvgIpc) is 3.13. The first kappa shape index (κ1) is 21.9. The maximum Gasteiger partial charge on any atom is 0.251 e. The van der Waals surface area contributed by atoms with Crippen molar-refractivity contribution in [3.8, 4) is 23.1 Å². The number of carbonyl (C=O) groups is 1. The zero-order valence-electron chi connectivity index (χ0n) is 17.5. The van der Waals surface area contributed by atoms with E-state index in [9.17, 15) is 18.0 Å². The number of amides is 1. The molecule has 2 atom stereocenters. The summed E-state index contributed by atoms with van der Waals surface area (Å²) in [6, 6.07) is 5.79. The number of carbonyl (C=O) groups excluding carboxylic acids is 1. The lowest BCUT2D eigenvalue weighted by Gasteiger charge is -2.13. The summed E-state index contributed by atoms with van der Waals surface area (Å²) in [6.07, 6.45) is 1.54. The van der Waals surface area contributed by atoms with Gasteiger partial charge in [-0.2, -0.15) is 0 Å². The average molecular weight is 449 g/mol. The van der Waals surface area contributed by atoms with Crippen molar-refractivity contribution < 1.29 is 31.9 Å². The second-order valence-corrected chi connectivity index (χ2v) is 7.86. The van der Waals surface area contributed by atoms with E-state index in [1.54, 1.807) is 25.1 Å². The van der Waals surface area contributed by atoms with Crippen LogP contribution in [0.3, 0.4) is 0 Å². The van der Waals surface area contributed by atoms with Crippen LogP contribution in [0.25, 0.3) is 22.7 Å². The molecule has 0 spiro atoms. The SMILES string of the molecule is CC(=O)N[C@@H](C)COc1cnc(-c2nc3ccc(OCC[C@H]4CC4(F)F)cc3o2)c(F)c1. The Bertz CT molecular complexity index is 1130. The van der Waals surface area contributed by atoms with Gasteiger partial charge >= 0.3 is 0 Å². The van der Waals surface area contributed by atoms with Gasteiger partial charge in [-0.05, 0) is 25.5 Å². The molecule has 3 aromatic rings. The molecule has 10 heteroatoms. The van der Waals surface area contributed by atoms with Crippen molar-refractivity contribution in [1.29, 1.82) is 0 Å². The van der Waals surface area contributed by atoms with Gasteiger partial charge in [-0.15, -0.1) is 0 Å². The van der Waals surface area contributed by atoms with Crippen LogP contribution in [0.1, 0.15) is 26.7 Å². The van der Waals surface area contributed by atoms with Crippen LogP contribution in [0, 0.1) is 11.7 Å². The minimum absolute atomic E-state index is 0.00885. The predicted molar refractivity (Wildman–Crippen MR) is 109 cm³/mol. The summed E-state index contributed by atoms with van der Waals surface area (Å²) in [5.74, 6) is -3.39. The van der Waals surface area contributed by atoms with E-state index in [1.807, 2.05) is 0 Å². The third kappa shape index (κ3) is 5.12. The minimum Gasteiger partial charge on any atom is -0.493 e. The molecule has 0 radical (unpaired) electrons. The van der Waals surface area contributed by atoms with Gasteiger partial charge < -0.3 is 19.2 Å². The quantitative estimate of drug-likeness (QED) is 0.523. The molecular formula is C22H22F3N3O4. The number of alkyl halides is 2. The first-order valence-corrected chi connectivity index (χ1v) is 10.2. The van der Waals surface area contributed by atoms with Crippen LogP contribution in [0.4, 0.5) is 13.2 Å². The van der Waals surface area contributed by atoms with E-state index >= 15 is 0 Å². The van der Waals surface area contributed by atoms with Crippen molar-refractivity contribution in [3.63, 3.8) is 0 Å². The first-order chi connectivity index (χ1) is 15.2. The number of benzene rings is 1. The molecule has 2 heterocycles. The molecule has 1 aromatic carbocycles. The molecule has 2 aromatic heterocycles. The molecule has 1 aliphatic rings. The number of hydrogen-bond acceptors (Lipinski definition) is 6. The standard InChI is InChI=1S/C22H22F3N3O4/c1-12(27-13(2)29)11-31-16-7-17(23)20(26-10-16)21-28-18-4-3-15(8-19(18)32-21)30-6-5-14-9-22(14,24)25/h3-4,7-8,10,12,14H,5-6,9,11H2,1-2H3,(H,27,29)/t12-,14-/m0/s1. The lowest BCUT2D eigenvalue weighted by Crippen LogP contribution is -2.35. The molecule has 1 amide bonds. The highest BCUT2D eigenvalue weighted by Crippen LogP contribution is 2.50. The van der Waals surface area contributed by atoms with Gasteiger partial charge in [0.25, 0.3) is 5.92 Å². The summed E-state index contributed by atoms with van der Waals surface area (Å²) in [6.45, 7) is 3.49. The van der Waals surface area contributed by atoms with Gasteiger partial charge in [0.15, 0.2) is 17.1 Å². The lowest BCUT2D eigenvalue weighted by atomic mass is 10.3. The number of ether oxygens (including phenoxy) is 2. The summed E-state index contributed by atoms with van der Waals surface area (Å²) < 4.78 is 57.1. The van der Waals surface area contributed by atoms with Crippen LogP contribution < -0.4 is 14.8 Å². The van der Waals surface area contributed by atoms with Crippen LogP contribution in [0.15, 0.2) is 34.9 Å². The van der Waals surface area contributed by atoms with Crippen molar-refractivity contribution in [1.82, 2.24) is 15.3 Å². The van der Waals surface area contributed by atoms with Crippen molar-refractivity contribution in [3.05, 3.63) is 36.3 Å². The number of nitrogens with zero attached hydrogens (tertiary/aromatic N) is 2. The Kier molecular flexibility index (Phi) is 5.94. The number of aromatic nitrogens is 2. The van der Waals surface area contributed by atoms with Crippen molar-refractivity contribution in [2.75, 3.05) is 13.2 Å². The molecule has 0 unspecified atom stereocenters. The summed E-state index contributed by atoms with van der Waals surface area (Å²) in [7, 11) is 0. The number of nitrogens with one attached hydrogen (secondary N) is 1. The second-order valence-electron chi connectivity index (χ2n) is 7.86. The molecule has 4 rings (SSSR count). The number of rotatable bonds is 9. The Morgan fingerprint density at radius 2 is 2.09 bits per heavy atom. The molecule has 170 valence electrons. The number of halogens is 3. The van der Waals surface area contributed by atoms with E-state index in [0.717, 1.165) is 0 Å². The molecule has 1 fully saturated rings. The second kappa shape index (κ2) is 8.68. The summed E-state index contributed by atoms with van der Waals surface area (Å²) >= 11 is 0. The smallest absolute Gasteiger partial charge is 0.251 e. The van der Waals surface area contributed by atoms with E-state index in [1.165, 1.54) is 19.2 Å². The van der Waals surface area contributed by atoms with Crippen LogP contribution in [-0.4, -0.2) is 41.1 Å². The highest BCUT2D eigenvalue weighted by molar-refractivity contribution is 5.77. The third-order valence-corrected chi connectivity index (χ3v) is 5.02. The maximum atomic E-state index is 14.6. The number of hydrogen-bond donors (Lipinski definition) is 1. The van der Waals surface area contributed by atoms with E-state index in [-0.39, 0.29) is 55.3 Å². The molecule has 0 aliphatic heterocycles. The normalized spacial score (nSPS) is 17.7. The highest BCUT2D eigenvalue weighted by atomic mass is 19.3. The lowest BCUT2D eigenvalue weighted by molar-refractivity contribution is -0.119.